The van der Waals surface area contributed by atoms with Crippen molar-refractivity contribution in [2.75, 3.05) is 5.32 Å². The molecule has 0 saturated carbocycles. The van der Waals surface area contributed by atoms with Gasteiger partial charge in [0.25, 0.3) is 0 Å². The third-order valence-electron chi connectivity index (χ3n) is 2.75. The van der Waals surface area contributed by atoms with Gasteiger partial charge < -0.3 is 33.8 Å². The zero-order valence-corrected chi connectivity index (χ0v) is 12.1. The van der Waals surface area contributed by atoms with Crippen molar-refractivity contribution in [3.63, 3.8) is 0 Å². The van der Waals surface area contributed by atoms with Gasteiger partial charge in [-0.3, -0.25) is 9.78 Å². The van der Waals surface area contributed by atoms with Crippen molar-refractivity contribution < 1.29 is 29.9 Å². The second-order valence-corrected chi connectivity index (χ2v) is 5.41. The first-order valence-electron chi connectivity index (χ1n) is 6.42. The summed E-state index contributed by atoms with van der Waals surface area (Å²) in [6.07, 6.45) is 0.750. The molecule has 0 aliphatic rings. The molecule has 0 aromatic carbocycles. The van der Waals surface area contributed by atoms with Crippen molar-refractivity contribution in [2.24, 2.45) is 0 Å². The number of nitrogens with one attached hydrogen (secondary N) is 2. The maximum absolute atomic E-state index is 12.1. The molecule has 2 N–H and O–H groups in total. The molecule has 0 aliphatic heterocycles. The van der Waals surface area contributed by atoms with Gasteiger partial charge in [-0.15, -0.1) is 0 Å². The van der Waals surface area contributed by atoms with Crippen LogP contribution in [-0.4, -0.2) is 10.1 Å². The lowest BCUT2D eigenvalue weighted by molar-refractivity contribution is -0.342. The number of pyridine rings is 1. The average molecular weight is 329 g/mol. The number of aromatic nitrogens is 2. The van der Waals surface area contributed by atoms with Crippen molar-refractivity contribution >= 4 is 13.5 Å². The topological polar surface area (TPSA) is 166 Å². The second-order valence-electron chi connectivity index (χ2n) is 4.26. The predicted octanol–water partition coefficient (Wildman–Crippen LogP) is -1.30. The first-order chi connectivity index (χ1) is 10.7. The number of hydrogen-bond donors (Lipinski definition) is 2. The van der Waals surface area contributed by atoms with E-state index in [2.05, 4.69) is 19.3 Å². The summed E-state index contributed by atoms with van der Waals surface area (Å²) in [4.78, 5) is 36.3. The molecular weight excluding hydrogens is 317 g/mol. The average Bonchev–Trinajstić information content (AvgIpc) is 2.77. The molecule has 0 fully saturated rings. The van der Waals surface area contributed by atoms with E-state index in [1.165, 1.54) is 13.1 Å². The van der Waals surface area contributed by atoms with Crippen LogP contribution < -0.4 is 25.8 Å². The SMILES string of the molecule is [2H]c1o[nH]c(=O)c1NCc1c(COP(=O)([O-])[O-])cnc(C)c1[O-]. The summed E-state index contributed by atoms with van der Waals surface area (Å²) in [6.45, 7) is 0.583. The fourth-order valence-corrected chi connectivity index (χ4v) is 1.95. The number of anilines is 1. The monoisotopic (exact) mass is 329 g/mol. The fourth-order valence-electron chi connectivity index (χ4n) is 1.66. The van der Waals surface area contributed by atoms with Crippen LogP contribution in [0.1, 0.15) is 18.2 Å². The van der Waals surface area contributed by atoms with Crippen molar-refractivity contribution in [1.82, 2.24) is 10.1 Å². The highest BCUT2D eigenvalue weighted by Crippen LogP contribution is 2.29. The van der Waals surface area contributed by atoms with Crippen LogP contribution in [0.4, 0.5) is 5.69 Å². The molecule has 120 valence electrons. The quantitative estimate of drug-likeness (QED) is 0.612. The van der Waals surface area contributed by atoms with Gasteiger partial charge in [0.1, 0.15) is 13.3 Å². The molecule has 2 rings (SSSR count). The zero-order valence-electron chi connectivity index (χ0n) is 12.2. The minimum atomic E-state index is -5.21. The van der Waals surface area contributed by atoms with E-state index in [0.717, 1.165) is 0 Å². The van der Waals surface area contributed by atoms with E-state index in [0.29, 0.717) is 0 Å². The Morgan fingerprint density at radius 3 is 2.91 bits per heavy atom. The van der Waals surface area contributed by atoms with Gasteiger partial charge in [-0.2, -0.15) is 5.16 Å². The van der Waals surface area contributed by atoms with Crippen molar-refractivity contribution in [3.05, 3.63) is 39.6 Å². The number of nitrogens with zero attached hydrogens (tertiary/aromatic N) is 1. The van der Waals surface area contributed by atoms with Gasteiger partial charge in [-0.05, 0) is 12.5 Å². The molecule has 0 amide bonds. The Labute approximate surface area is 125 Å². The molecule has 22 heavy (non-hydrogen) atoms. The number of hydrogen-bond acceptors (Lipinski definition) is 9. The number of aromatic amines is 1. The van der Waals surface area contributed by atoms with Gasteiger partial charge in [0.2, 0.25) is 0 Å². The van der Waals surface area contributed by atoms with E-state index in [4.69, 9.17) is 1.37 Å². The highest BCUT2D eigenvalue weighted by Gasteiger charge is 2.09. The smallest absolute Gasteiger partial charge is 0.303 e. The van der Waals surface area contributed by atoms with E-state index >= 15 is 0 Å². The van der Waals surface area contributed by atoms with Gasteiger partial charge >= 0.3 is 5.56 Å². The molecular formula is C11H11N3O7P-3. The number of phosphoric ester groups is 1. The summed E-state index contributed by atoms with van der Waals surface area (Å²) in [6, 6.07) is 0. The zero-order chi connectivity index (χ0) is 17.2. The van der Waals surface area contributed by atoms with Crippen LogP contribution in [0.15, 0.2) is 21.8 Å². The van der Waals surface area contributed by atoms with Crippen molar-refractivity contribution in [2.45, 2.75) is 20.1 Å². The van der Waals surface area contributed by atoms with Crippen LogP contribution >= 0.6 is 7.82 Å². The first kappa shape index (κ1) is 14.8. The van der Waals surface area contributed by atoms with Crippen LogP contribution in [0.5, 0.6) is 5.75 Å². The Morgan fingerprint density at radius 1 is 1.59 bits per heavy atom. The Kier molecular flexibility index (Phi) is 4.25. The minimum absolute atomic E-state index is 0.0611. The molecule has 2 aromatic rings. The van der Waals surface area contributed by atoms with E-state index in [1.807, 2.05) is 5.16 Å². The molecule has 0 aliphatic carbocycles. The van der Waals surface area contributed by atoms with Gasteiger partial charge in [0.05, 0.1) is 14.4 Å². The van der Waals surface area contributed by atoms with Crippen molar-refractivity contribution in [3.8, 4) is 5.75 Å². The first-order valence-corrected chi connectivity index (χ1v) is 7.38. The Balaban J connectivity index is 2.27. The maximum Gasteiger partial charge on any atom is 0.303 e. The Morgan fingerprint density at radius 2 is 2.32 bits per heavy atom. The lowest BCUT2D eigenvalue weighted by atomic mass is 10.1. The van der Waals surface area contributed by atoms with E-state index in [9.17, 15) is 24.3 Å². The normalized spacial score (nSPS) is 12.2. The van der Waals surface area contributed by atoms with Gasteiger partial charge in [-0.25, -0.2) is 0 Å². The maximum atomic E-state index is 12.1. The summed E-state index contributed by atoms with van der Waals surface area (Å²) in [7, 11) is -5.21. The number of rotatable bonds is 6. The highest BCUT2D eigenvalue weighted by atomic mass is 31.2. The van der Waals surface area contributed by atoms with Gasteiger partial charge in [-0.1, -0.05) is 5.75 Å². The molecule has 0 radical (unpaired) electrons. The molecule has 0 atom stereocenters. The summed E-state index contributed by atoms with van der Waals surface area (Å²) in [5.74, 6) is -0.503. The summed E-state index contributed by atoms with van der Waals surface area (Å²) in [5.41, 5.74) is -0.596. The molecule has 2 heterocycles. The van der Waals surface area contributed by atoms with Crippen LogP contribution in [-0.2, 0) is 22.2 Å². The van der Waals surface area contributed by atoms with E-state index in [1.54, 1.807) is 0 Å². The lowest BCUT2D eigenvalue weighted by Crippen LogP contribution is -2.18. The second kappa shape index (κ2) is 6.32. The Hall–Kier alpha value is -2.13. The molecule has 0 spiro atoms. The molecule has 11 heteroatoms. The van der Waals surface area contributed by atoms with Crippen molar-refractivity contribution in [1.29, 1.82) is 0 Å². The Bertz CT molecular complexity index is 812. The van der Waals surface area contributed by atoms with E-state index < -0.39 is 32.0 Å². The van der Waals surface area contributed by atoms with Crippen LogP contribution in [0, 0.1) is 6.92 Å². The predicted molar refractivity (Wildman–Crippen MR) is 67.5 cm³/mol. The molecule has 10 nitrogen and oxygen atoms in total. The van der Waals surface area contributed by atoms with Crippen LogP contribution in [0.3, 0.4) is 0 Å². The molecule has 2 aromatic heterocycles. The minimum Gasteiger partial charge on any atom is -0.871 e. The van der Waals surface area contributed by atoms with E-state index in [-0.39, 0.29) is 29.1 Å². The van der Waals surface area contributed by atoms with Crippen LogP contribution in [0.25, 0.3) is 0 Å². The van der Waals surface area contributed by atoms with Gasteiger partial charge in [0, 0.05) is 24.0 Å². The highest BCUT2D eigenvalue weighted by molar-refractivity contribution is 7.43. The summed E-state index contributed by atoms with van der Waals surface area (Å²) in [5, 5.41) is 16.6. The largest absolute Gasteiger partial charge is 0.871 e. The standard InChI is InChI=1S/C11H14N3O7P/c1-6-10(15)8(3-13-9-5-20-14-11(9)16)7(2-12-6)4-21-22(17,18)19/h2,5,13,15H,3-4H2,1H3,(H,14,16)(H2,17,18,19)/p-3/i5D. The van der Waals surface area contributed by atoms with Crippen LogP contribution in [0.2, 0.25) is 0 Å². The number of phosphoric acid groups is 1. The number of aryl methyl sites for hydroxylation is 1. The fraction of sp³-hybridized carbons (Fsp3) is 0.273. The summed E-state index contributed by atoms with van der Waals surface area (Å²) < 4.78 is 26.6. The third-order valence-corrected chi connectivity index (χ3v) is 3.19. The molecule has 0 unspecified atom stereocenters. The molecule has 0 saturated heterocycles. The third kappa shape index (κ3) is 3.95. The number of H-pyrrole nitrogens is 1. The summed E-state index contributed by atoms with van der Waals surface area (Å²) >= 11 is 0. The van der Waals surface area contributed by atoms with Gasteiger partial charge in [0.15, 0.2) is 0 Å². The molecule has 0 bridgehead atoms. The lowest BCUT2D eigenvalue weighted by Gasteiger charge is -2.29.